The molecule has 0 bridgehead atoms. The number of fused-ring (bicyclic) bond motifs is 2. The van der Waals surface area contributed by atoms with Gasteiger partial charge in [-0.1, -0.05) is 12.2 Å². The molecule has 4 aliphatic rings. The number of nitrogens with one attached hydrogen (secondary N) is 2. The van der Waals surface area contributed by atoms with Gasteiger partial charge in [-0.2, -0.15) is 0 Å². The van der Waals surface area contributed by atoms with Crippen LogP contribution in [0.1, 0.15) is 27.7 Å². The number of allylic oxidation sites excluding steroid dienone is 2. The van der Waals surface area contributed by atoms with Crippen LogP contribution in [0.4, 0.5) is 0 Å². The lowest BCUT2D eigenvalue weighted by Gasteiger charge is -2.43. The minimum atomic E-state index is -1.09. The number of aliphatic carboxylic acids is 2. The van der Waals surface area contributed by atoms with Crippen LogP contribution >= 0.6 is 23.5 Å². The Hall–Kier alpha value is -3.00. The number of amides is 4. The molecule has 4 amide bonds. The van der Waals surface area contributed by atoms with Gasteiger partial charge in [-0.3, -0.25) is 19.2 Å². The highest BCUT2D eigenvalue weighted by molar-refractivity contribution is 8.02. The summed E-state index contributed by atoms with van der Waals surface area (Å²) in [6, 6.07) is -3.61. The molecule has 4 fully saturated rings. The molecule has 4 aliphatic heterocycles. The smallest absolute Gasteiger partial charge is 0.327 e. The molecule has 36 heavy (non-hydrogen) atoms. The summed E-state index contributed by atoms with van der Waals surface area (Å²) in [5.74, 6) is -4.26. The van der Waals surface area contributed by atoms with E-state index >= 15 is 0 Å². The van der Waals surface area contributed by atoms with Crippen molar-refractivity contribution in [1.29, 1.82) is 0 Å². The van der Waals surface area contributed by atoms with E-state index in [9.17, 15) is 39.0 Å². The highest BCUT2D eigenvalue weighted by Gasteiger charge is 2.65. The zero-order valence-corrected chi connectivity index (χ0v) is 21.5. The molecule has 0 unspecified atom stereocenters. The van der Waals surface area contributed by atoms with Crippen molar-refractivity contribution in [3.05, 3.63) is 24.3 Å². The van der Waals surface area contributed by atoms with Gasteiger partial charge in [0, 0.05) is 21.6 Å². The lowest BCUT2D eigenvalue weighted by atomic mass is 9.96. The van der Waals surface area contributed by atoms with E-state index < -0.39 is 80.0 Å². The SMILES string of the molecule is CC1(C)S[C@@H]2[C@H](NC(=O)/C=C/C=C/C(=O)N[C@@H]3C(=O)N4[C@@H]3SC(C)(C)[C@@H]4C(=O)O)C(=O)N2[C@H]1C(=O)O. The zero-order valence-electron chi connectivity index (χ0n) is 19.8. The first kappa shape index (κ1) is 26.1. The van der Waals surface area contributed by atoms with Crippen LogP contribution in [0.3, 0.4) is 0 Å². The van der Waals surface area contributed by atoms with E-state index in [4.69, 9.17) is 0 Å². The van der Waals surface area contributed by atoms with Crippen LogP contribution in [-0.2, 0) is 28.8 Å². The Morgan fingerprint density at radius 3 is 1.39 bits per heavy atom. The Labute approximate surface area is 214 Å². The second-order valence-corrected chi connectivity index (χ2v) is 13.4. The maximum absolute atomic E-state index is 12.4. The summed E-state index contributed by atoms with van der Waals surface area (Å²) in [5.41, 5.74) is 0. The van der Waals surface area contributed by atoms with Gasteiger partial charge in [0.15, 0.2) is 0 Å². The summed E-state index contributed by atoms with van der Waals surface area (Å²) < 4.78 is -1.39. The predicted octanol–water partition coefficient (Wildman–Crippen LogP) is -0.638. The van der Waals surface area contributed by atoms with Crippen molar-refractivity contribution in [3.63, 3.8) is 0 Å². The zero-order chi connectivity index (χ0) is 26.7. The summed E-state index contributed by atoms with van der Waals surface area (Å²) in [7, 11) is 0. The molecule has 0 radical (unpaired) electrons. The second kappa shape index (κ2) is 8.83. The summed E-state index contributed by atoms with van der Waals surface area (Å²) in [6.07, 6.45) is 4.85. The summed E-state index contributed by atoms with van der Waals surface area (Å²) >= 11 is 2.63. The number of carbonyl (C=O) groups is 6. The number of thioether (sulfide) groups is 2. The number of nitrogens with zero attached hydrogens (tertiary/aromatic N) is 2. The van der Waals surface area contributed by atoms with E-state index in [2.05, 4.69) is 10.6 Å². The van der Waals surface area contributed by atoms with Gasteiger partial charge in [-0.15, -0.1) is 23.5 Å². The molecular weight excluding hydrogens is 512 g/mol. The molecule has 6 atom stereocenters. The monoisotopic (exact) mass is 538 g/mol. The Morgan fingerprint density at radius 2 is 1.08 bits per heavy atom. The van der Waals surface area contributed by atoms with E-state index in [1.165, 1.54) is 45.5 Å². The van der Waals surface area contributed by atoms with Crippen LogP contribution < -0.4 is 10.6 Å². The molecular formula is C22H26N4O8S2. The molecule has 0 spiro atoms. The van der Waals surface area contributed by atoms with Gasteiger partial charge < -0.3 is 30.6 Å². The summed E-state index contributed by atoms with van der Waals surface area (Å²) in [4.78, 5) is 74.9. The normalized spacial score (nSPS) is 33.7. The number of β-lactam (4-membered cyclic amide) rings is 2. The highest BCUT2D eigenvalue weighted by Crippen LogP contribution is 2.51. The number of carbonyl (C=O) groups excluding carboxylic acids is 4. The van der Waals surface area contributed by atoms with Gasteiger partial charge in [0.2, 0.25) is 23.6 Å². The number of rotatable bonds is 7. The fourth-order valence-corrected chi connectivity index (χ4v) is 8.23. The molecule has 0 aromatic heterocycles. The predicted molar refractivity (Wildman–Crippen MR) is 130 cm³/mol. The molecule has 0 aromatic carbocycles. The van der Waals surface area contributed by atoms with Crippen LogP contribution in [-0.4, -0.2) is 100.0 Å². The fourth-order valence-electron chi connectivity index (χ4n) is 4.98. The Balaban J connectivity index is 1.26. The van der Waals surface area contributed by atoms with Crippen molar-refractivity contribution in [2.75, 3.05) is 0 Å². The lowest BCUT2D eigenvalue weighted by molar-refractivity contribution is -0.160. The molecule has 194 valence electrons. The number of hydrogen-bond acceptors (Lipinski definition) is 8. The molecule has 0 saturated carbocycles. The third-order valence-electron chi connectivity index (χ3n) is 6.55. The van der Waals surface area contributed by atoms with Crippen molar-refractivity contribution < 1.29 is 39.0 Å². The van der Waals surface area contributed by atoms with Gasteiger partial charge >= 0.3 is 11.9 Å². The third kappa shape index (κ3) is 4.15. The third-order valence-corrected chi connectivity index (χ3v) is 9.69. The van der Waals surface area contributed by atoms with E-state index in [-0.39, 0.29) is 0 Å². The van der Waals surface area contributed by atoms with Crippen LogP contribution in [0.25, 0.3) is 0 Å². The quantitative estimate of drug-likeness (QED) is 0.186. The molecule has 12 nitrogen and oxygen atoms in total. The van der Waals surface area contributed by atoms with Crippen molar-refractivity contribution in [2.45, 2.75) is 72.1 Å². The first-order valence-corrected chi connectivity index (χ1v) is 12.8. The van der Waals surface area contributed by atoms with Gasteiger partial charge in [0.25, 0.3) is 0 Å². The van der Waals surface area contributed by atoms with Gasteiger partial charge in [0.05, 0.1) is 0 Å². The Kier molecular flexibility index (Phi) is 6.40. The molecule has 0 aliphatic carbocycles. The first-order chi connectivity index (χ1) is 16.7. The number of hydrogen-bond donors (Lipinski definition) is 4. The number of carboxylic acids is 2. The molecule has 4 heterocycles. The van der Waals surface area contributed by atoms with Crippen molar-refractivity contribution in [3.8, 4) is 0 Å². The van der Waals surface area contributed by atoms with Crippen molar-refractivity contribution >= 4 is 59.1 Å². The van der Waals surface area contributed by atoms with Crippen molar-refractivity contribution in [1.82, 2.24) is 20.4 Å². The maximum Gasteiger partial charge on any atom is 0.327 e. The fraction of sp³-hybridized carbons (Fsp3) is 0.545. The van der Waals surface area contributed by atoms with Crippen LogP contribution in [0.5, 0.6) is 0 Å². The minimum absolute atomic E-state index is 0.459. The summed E-state index contributed by atoms with van der Waals surface area (Å²) in [5, 5.41) is 23.1. The van der Waals surface area contributed by atoms with Gasteiger partial charge in [0.1, 0.15) is 34.9 Å². The van der Waals surface area contributed by atoms with Gasteiger partial charge in [-0.25, -0.2) is 9.59 Å². The summed E-state index contributed by atoms with van der Waals surface area (Å²) in [6.45, 7) is 6.95. The largest absolute Gasteiger partial charge is 0.480 e. The first-order valence-electron chi connectivity index (χ1n) is 11.1. The molecule has 14 heteroatoms. The maximum atomic E-state index is 12.4. The Morgan fingerprint density at radius 1 is 0.750 bits per heavy atom. The van der Waals surface area contributed by atoms with E-state index in [1.54, 1.807) is 27.7 Å². The molecule has 4 rings (SSSR count). The van der Waals surface area contributed by atoms with E-state index in [0.29, 0.717) is 0 Å². The van der Waals surface area contributed by atoms with Crippen LogP contribution in [0.2, 0.25) is 0 Å². The average Bonchev–Trinajstić information content (AvgIpc) is 3.18. The van der Waals surface area contributed by atoms with E-state index in [1.807, 2.05) is 0 Å². The number of carboxylic acid groups (broad SMARTS) is 2. The van der Waals surface area contributed by atoms with Gasteiger partial charge in [-0.05, 0) is 27.7 Å². The molecule has 4 saturated heterocycles. The molecule has 0 aromatic rings. The average molecular weight is 539 g/mol. The van der Waals surface area contributed by atoms with Crippen molar-refractivity contribution in [2.24, 2.45) is 0 Å². The molecule has 4 N–H and O–H groups in total. The Bertz CT molecular complexity index is 1030. The highest BCUT2D eigenvalue weighted by atomic mass is 32.2. The second-order valence-electron chi connectivity index (χ2n) is 9.89. The van der Waals surface area contributed by atoms with E-state index in [0.717, 1.165) is 12.2 Å². The minimum Gasteiger partial charge on any atom is -0.480 e. The lowest BCUT2D eigenvalue weighted by Crippen LogP contribution is -2.70. The standard InChI is InChI=1S/C22H26N4O8S2/c1-21(2)13(19(31)32)25-15(29)11(17(25)35-21)23-9(27)7-5-6-8-10(28)24-12-16(30)26-14(20(33)34)22(3,4)36-18(12)26/h5-8,11-14,17-18H,1-4H3,(H,23,27)(H,24,28)(H,31,32)(H,33,34)/b7-5+,8-6+/t11-,12-,13+,14+,17-,18-/m1/s1. The van der Waals surface area contributed by atoms with Crippen LogP contribution in [0, 0.1) is 0 Å². The van der Waals surface area contributed by atoms with Crippen LogP contribution in [0.15, 0.2) is 24.3 Å². The topological polar surface area (TPSA) is 173 Å².